The smallest absolute Gasteiger partial charge is 0.338 e. The molecule has 162 valence electrons. The first-order valence-corrected chi connectivity index (χ1v) is 10.3. The molecule has 0 bridgehead atoms. The molecule has 3 aromatic carbocycles. The summed E-state index contributed by atoms with van der Waals surface area (Å²) in [6, 6.07) is 22.0. The average molecular weight is 428 g/mol. The summed E-state index contributed by atoms with van der Waals surface area (Å²) in [6.45, 7) is 2.10. The number of nitrogens with zero attached hydrogens (tertiary/aromatic N) is 1. The number of pyridine rings is 1. The minimum absolute atomic E-state index is 0.125. The second-order valence-electron chi connectivity index (χ2n) is 7.23. The number of hydrogen-bond acceptors (Lipinski definition) is 6. The highest BCUT2D eigenvalue weighted by atomic mass is 16.5. The summed E-state index contributed by atoms with van der Waals surface area (Å²) in [5.41, 5.74) is 3.44. The van der Waals surface area contributed by atoms with Crippen LogP contribution in [0.5, 0.6) is 11.5 Å². The number of phenolic OH excluding ortho intramolecular Hbond substituents is 1. The predicted octanol–water partition coefficient (Wildman–Crippen LogP) is 5.33. The maximum Gasteiger partial charge on any atom is 0.338 e. The molecule has 6 heteroatoms. The van der Waals surface area contributed by atoms with E-state index in [1.54, 1.807) is 32.4 Å². The van der Waals surface area contributed by atoms with Crippen molar-refractivity contribution in [2.75, 3.05) is 19.0 Å². The molecule has 0 fully saturated rings. The second-order valence-corrected chi connectivity index (χ2v) is 7.23. The molecule has 0 amide bonds. The zero-order valence-corrected chi connectivity index (χ0v) is 17.9. The van der Waals surface area contributed by atoms with Gasteiger partial charge in [-0.15, -0.1) is 0 Å². The van der Waals surface area contributed by atoms with Crippen LogP contribution in [0, 0.1) is 0 Å². The van der Waals surface area contributed by atoms with Crippen LogP contribution < -0.4 is 10.1 Å². The summed E-state index contributed by atoms with van der Waals surface area (Å²) in [5.74, 6) is 0.513. The van der Waals surface area contributed by atoms with Crippen molar-refractivity contribution in [2.45, 2.75) is 13.0 Å². The van der Waals surface area contributed by atoms with Gasteiger partial charge in [0.15, 0.2) is 0 Å². The minimum atomic E-state index is -0.360. The number of anilines is 1. The number of hydrogen-bond donors (Lipinski definition) is 2. The summed E-state index contributed by atoms with van der Waals surface area (Å²) in [5, 5.41) is 15.4. The van der Waals surface area contributed by atoms with Crippen LogP contribution in [0.25, 0.3) is 10.9 Å². The maximum absolute atomic E-state index is 12.0. The molecule has 6 nitrogen and oxygen atoms in total. The molecule has 0 aliphatic heterocycles. The van der Waals surface area contributed by atoms with Crippen molar-refractivity contribution >= 4 is 22.6 Å². The quantitative estimate of drug-likeness (QED) is 0.388. The zero-order chi connectivity index (χ0) is 22.5. The first-order chi connectivity index (χ1) is 15.6. The first kappa shape index (κ1) is 21.2. The van der Waals surface area contributed by atoms with Gasteiger partial charge in [-0.1, -0.05) is 30.3 Å². The lowest BCUT2D eigenvalue weighted by Gasteiger charge is -2.23. The predicted molar refractivity (Wildman–Crippen MR) is 124 cm³/mol. The number of methoxy groups -OCH3 is 1. The molecule has 1 heterocycles. The highest BCUT2D eigenvalue weighted by molar-refractivity contribution is 5.90. The second kappa shape index (κ2) is 9.39. The van der Waals surface area contributed by atoms with Gasteiger partial charge in [-0.05, 0) is 55.0 Å². The Labute approximate surface area is 186 Å². The maximum atomic E-state index is 12.0. The van der Waals surface area contributed by atoms with Crippen molar-refractivity contribution < 1.29 is 19.4 Å². The number of ether oxygens (including phenoxy) is 2. The lowest BCUT2D eigenvalue weighted by molar-refractivity contribution is 0.0526. The van der Waals surface area contributed by atoms with E-state index >= 15 is 0 Å². The van der Waals surface area contributed by atoms with Gasteiger partial charge in [0.1, 0.15) is 17.0 Å². The zero-order valence-electron chi connectivity index (χ0n) is 17.9. The third-order valence-corrected chi connectivity index (χ3v) is 5.25. The van der Waals surface area contributed by atoms with Crippen LogP contribution in [0.15, 0.2) is 79.0 Å². The molecule has 1 aromatic heterocycles. The molecular weight excluding hydrogens is 404 g/mol. The number of phenols is 1. The normalized spacial score (nSPS) is 11.7. The fraction of sp³-hybridized carbons (Fsp3) is 0.154. The van der Waals surface area contributed by atoms with Crippen molar-refractivity contribution in [1.82, 2.24) is 4.98 Å². The Morgan fingerprint density at radius 3 is 2.47 bits per heavy atom. The molecule has 1 unspecified atom stereocenters. The monoisotopic (exact) mass is 428 g/mol. The fourth-order valence-electron chi connectivity index (χ4n) is 3.60. The van der Waals surface area contributed by atoms with Crippen LogP contribution in [0.3, 0.4) is 0 Å². The van der Waals surface area contributed by atoms with Gasteiger partial charge >= 0.3 is 5.97 Å². The molecule has 4 rings (SSSR count). The molecule has 4 aromatic rings. The molecule has 0 aliphatic carbocycles. The van der Waals surface area contributed by atoms with E-state index in [0.717, 1.165) is 22.4 Å². The summed E-state index contributed by atoms with van der Waals surface area (Å²) in [6.07, 6.45) is 1.66. The number of rotatable bonds is 7. The van der Waals surface area contributed by atoms with E-state index < -0.39 is 0 Å². The molecular formula is C26H24N2O4. The fourth-order valence-corrected chi connectivity index (χ4v) is 3.60. The van der Waals surface area contributed by atoms with Crippen LogP contribution in [-0.2, 0) is 4.74 Å². The Bertz CT molecular complexity index is 1220. The van der Waals surface area contributed by atoms with Crippen molar-refractivity contribution in [3.05, 3.63) is 95.7 Å². The van der Waals surface area contributed by atoms with Crippen molar-refractivity contribution in [1.29, 1.82) is 0 Å². The van der Waals surface area contributed by atoms with Gasteiger partial charge in [-0.3, -0.25) is 4.98 Å². The topological polar surface area (TPSA) is 80.7 Å². The van der Waals surface area contributed by atoms with Crippen LogP contribution in [0.1, 0.15) is 34.5 Å². The third kappa shape index (κ3) is 4.34. The van der Waals surface area contributed by atoms with Gasteiger partial charge < -0.3 is 19.9 Å². The molecule has 0 aliphatic rings. The number of carbonyl (C=O) groups excluding carboxylic acids is 1. The van der Waals surface area contributed by atoms with E-state index in [-0.39, 0.29) is 17.8 Å². The number of benzene rings is 3. The van der Waals surface area contributed by atoms with Gasteiger partial charge in [0.05, 0.1) is 25.3 Å². The van der Waals surface area contributed by atoms with Crippen molar-refractivity contribution in [2.24, 2.45) is 0 Å². The Kier molecular flexibility index (Phi) is 6.22. The SMILES string of the molecule is CCOC(=O)c1ccc(NC(c2ccc(OC)cc2)c2ccc3cccnc3c2O)cc1. The number of aromatic nitrogens is 1. The summed E-state index contributed by atoms with van der Waals surface area (Å²) < 4.78 is 10.3. The van der Waals surface area contributed by atoms with Crippen molar-refractivity contribution in [3.8, 4) is 11.5 Å². The number of esters is 1. The van der Waals surface area contributed by atoms with Crippen LogP contribution in [0.4, 0.5) is 5.69 Å². The summed E-state index contributed by atoms with van der Waals surface area (Å²) in [7, 11) is 1.62. The highest BCUT2D eigenvalue weighted by Gasteiger charge is 2.20. The lowest BCUT2D eigenvalue weighted by Crippen LogP contribution is -2.13. The van der Waals surface area contributed by atoms with E-state index in [1.165, 1.54) is 0 Å². The Hall–Kier alpha value is -4.06. The van der Waals surface area contributed by atoms with Crippen LogP contribution in [-0.4, -0.2) is 29.8 Å². The lowest BCUT2D eigenvalue weighted by atomic mass is 9.95. The summed E-state index contributed by atoms with van der Waals surface area (Å²) in [4.78, 5) is 16.3. The van der Waals surface area contributed by atoms with Gasteiger partial charge in [-0.2, -0.15) is 0 Å². The van der Waals surface area contributed by atoms with E-state index in [1.807, 2.05) is 60.7 Å². The van der Waals surface area contributed by atoms with Gasteiger partial charge in [0.25, 0.3) is 0 Å². The van der Waals surface area contributed by atoms with Gasteiger partial charge in [-0.25, -0.2) is 4.79 Å². The molecule has 1 atom stereocenters. The molecule has 32 heavy (non-hydrogen) atoms. The standard InChI is InChI=1S/C26H24N2O4/c1-3-32-26(30)19-6-11-20(12-7-19)28-23(18-8-13-21(31-2)14-9-18)22-15-10-17-5-4-16-27-24(17)25(22)29/h4-16,23,28-29H,3H2,1-2H3. The number of aromatic hydroxyl groups is 1. The highest BCUT2D eigenvalue weighted by Crippen LogP contribution is 2.37. The van der Waals surface area contributed by atoms with E-state index in [0.29, 0.717) is 23.3 Å². The molecule has 0 spiro atoms. The molecule has 0 saturated carbocycles. The average Bonchev–Trinajstić information content (AvgIpc) is 2.84. The van der Waals surface area contributed by atoms with Crippen LogP contribution >= 0.6 is 0 Å². The van der Waals surface area contributed by atoms with Crippen molar-refractivity contribution in [3.63, 3.8) is 0 Å². The summed E-state index contributed by atoms with van der Waals surface area (Å²) >= 11 is 0. The Morgan fingerprint density at radius 2 is 1.78 bits per heavy atom. The Morgan fingerprint density at radius 1 is 1.03 bits per heavy atom. The van der Waals surface area contributed by atoms with E-state index in [4.69, 9.17) is 9.47 Å². The molecule has 0 saturated heterocycles. The van der Waals surface area contributed by atoms with Gasteiger partial charge in [0, 0.05) is 22.8 Å². The van der Waals surface area contributed by atoms with E-state index in [2.05, 4.69) is 10.3 Å². The van der Waals surface area contributed by atoms with Gasteiger partial charge in [0.2, 0.25) is 0 Å². The number of nitrogens with one attached hydrogen (secondary N) is 1. The number of carbonyl (C=O) groups is 1. The van der Waals surface area contributed by atoms with E-state index in [9.17, 15) is 9.90 Å². The largest absolute Gasteiger partial charge is 0.505 e. The number of fused-ring (bicyclic) bond motifs is 1. The Balaban J connectivity index is 1.73. The van der Waals surface area contributed by atoms with Crippen LogP contribution in [0.2, 0.25) is 0 Å². The molecule has 2 N–H and O–H groups in total. The third-order valence-electron chi connectivity index (χ3n) is 5.25. The minimum Gasteiger partial charge on any atom is -0.505 e. The molecule has 0 radical (unpaired) electrons. The first-order valence-electron chi connectivity index (χ1n) is 10.3.